The van der Waals surface area contributed by atoms with E-state index in [1.165, 1.54) is 6.33 Å². The fraction of sp³-hybridized carbons (Fsp3) is 0.100. The Balaban J connectivity index is 2.28. The highest BCUT2D eigenvalue weighted by molar-refractivity contribution is 7.99. The van der Waals surface area contributed by atoms with Gasteiger partial charge in [0, 0.05) is 17.3 Å². The molecule has 0 aliphatic rings. The predicted molar refractivity (Wildman–Crippen MR) is 60.1 cm³/mol. The van der Waals surface area contributed by atoms with Crippen molar-refractivity contribution >= 4 is 23.4 Å². The second-order valence-corrected chi connectivity index (χ2v) is 4.37. The van der Waals surface area contributed by atoms with Crippen molar-refractivity contribution in [3.63, 3.8) is 0 Å². The second kappa shape index (κ2) is 4.59. The van der Waals surface area contributed by atoms with Crippen LogP contribution in [0.5, 0.6) is 0 Å². The zero-order valence-corrected chi connectivity index (χ0v) is 9.59. The molecule has 0 N–H and O–H groups in total. The minimum Gasteiger partial charge on any atom is -0.245 e. The number of halogens is 1. The molecule has 0 radical (unpaired) electrons. The van der Waals surface area contributed by atoms with Crippen LogP contribution in [-0.4, -0.2) is 15.0 Å². The highest BCUT2D eigenvalue weighted by atomic mass is 35.5. The smallest absolute Gasteiger partial charge is 0.130 e. The molecule has 0 amide bonds. The van der Waals surface area contributed by atoms with E-state index in [1.54, 1.807) is 24.2 Å². The lowest BCUT2D eigenvalue weighted by Crippen LogP contribution is -1.85. The van der Waals surface area contributed by atoms with E-state index >= 15 is 0 Å². The molecular weight excluding hydrogens is 230 g/mol. The molecule has 15 heavy (non-hydrogen) atoms. The first kappa shape index (κ1) is 10.4. The first-order valence-electron chi connectivity index (χ1n) is 4.32. The third-order valence-electron chi connectivity index (χ3n) is 1.79. The lowest BCUT2D eigenvalue weighted by Gasteiger charge is -2.03. The van der Waals surface area contributed by atoms with Gasteiger partial charge in [-0.1, -0.05) is 23.4 Å². The fourth-order valence-corrected chi connectivity index (χ4v) is 2.10. The van der Waals surface area contributed by atoms with Crippen LogP contribution < -0.4 is 0 Å². The normalized spacial score (nSPS) is 10.3. The Kier molecular flexibility index (Phi) is 3.18. The van der Waals surface area contributed by atoms with Crippen LogP contribution in [0, 0.1) is 6.92 Å². The van der Waals surface area contributed by atoms with Gasteiger partial charge in [0.2, 0.25) is 0 Å². The molecular formula is C10H8ClN3S. The maximum absolute atomic E-state index is 5.83. The molecule has 2 aromatic rings. The summed E-state index contributed by atoms with van der Waals surface area (Å²) in [6.45, 7) is 1.99. The van der Waals surface area contributed by atoms with Crippen LogP contribution in [0.1, 0.15) is 5.56 Å². The van der Waals surface area contributed by atoms with Crippen molar-refractivity contribution in [3.05, 3.63) is 41.6 Å². The summed E-state index contributed by atoms with van der Waals surface area (Å²) in [5.41, 5.74) is 1.09. The van der Waals surface area contributed by atoms with Crippen LogP contribution in [0.3, 0.4) is 0 Å². The maximum Gasteiger partial charge on any atom is 0.130 e. The van der Waals surface area contributed by atoms with Gasteiger partial charge in [-0.2, -0.15) is 0 Å². The molecule has 5 heteroatoms. The van der Waals surface area contributed by atoms with Gasteiger partial charge in [0.15, 0.2) is 0 Å². The van der Waals surface area contributed by atoms with Crippen LogP contribution in [0.25, 0.3) is 0 Å². The molecule has 2 heterocycles. The highest BCUT2D eigenvalue weighted by Crippen LogP contribution is 2.29. The molecule has 0 fully saturated rings. The lowest BCUT2D eigenvalue weighted by molar-refractivity contribution is 1.04. The van der Waals surface area contributed by atoms with Crippen molar-refractivity contribution in [2.45, 2.75) is 16.8 Å². The van der Waals surface area contributed by atoms with Crippen molar-refractivity contribution in [1.29, 1.82) is 0 Å². The molecule has 0 aromatic carbocycles. The van der Waals surface area contributed by atoms with Crippen LogP contribution >= 0.6 is 23.4 Å². The zero-order chi connectivity index (χ0) is 10.7. The summed E-state index contributed by atoms with van der Waals surface area (Å²) in [6.07, 6.45) is 5.00. The molecule has 3 nitrogen and oxygen atoms in total. The molecule has 2 rings (SSSR count). The molecule has 0 spiro atoms. The van der Waals surface area contributed by atoms with Crippen molar-refractivity contribution < 1.29 is 0 Å². The monoisotopic (exact) mass is 237 g/mol. The Morgan fingerprint density at radius 1 is 1.33 bits per heavy atom. The highest BCUT2D eigenvalue weighted by Gasteiger charge is 2.03. The topological polar surface area (TPSA) is 38.7 Å². The summed E-state index contributed by atoms with van der Waals surface area (Å²) >= 11 is 7.38. The Morgan fingerprint density at radius 3 is 2.93 bits per heavy atom. The minimum atomic E-state index is 0.497. The molecule has 0 saturated heterocycles. The van der Waals surface area contributed by atoms with Gasteiger partial charge in [0.05, 0.1) is 0 Å². The summed E-state index contributed by atoms with van der Waals surface area (Å²) < 4.78 is 0. The molecule has 76 valence electrons. The molecule has 0 saturated carbocycles. The number of aromatic nitrogens is 3. The molecule has 0 bridgehead atoms. The first-order valence-corrected chi connectivity index (χ1v) is 5.51. The van der Waals surface area contributed by atoms with Gasteiger partial charge >= 0.3 is 0 Å². The van der Waals surface area contributed by atoms with Gasteiger partial charge in [-0.3, -0.25) is 0 Å². The van der Waals surface area contributed by atoms with Crippen LogP contribution in [-0.2, 0) is 0 Å². The van der Waals surface area contributed by atoms with Crippen molar-refractivity contribution in [2.75, 3.05) is 0 Å². The van der Waals surface area contributed by atoms with Crippen LogP contribution in [0.15, 0.2) is 40.8 Å². The average Bonchev–Trinajstić information content (AvgIpc) is 2.25. The molecule has 2 aromatic heterocycles. The second-order valence-electron chi connectivity index (χ2n) is 2.92. The molecule has 0 aliphatic heterocycles. The van der Waals surface area contributed by atoms with Crippen molar-refractivity contribution in [1.82, 2.24) is 15.0 Å². The summed E-state index contributed by atoms with van der Waals surface area (Å²) in [4.78, 5) is 13.1. The van der Waals surface area contributed by atoms with Gasteiger partial charge in [-0.15, -0.1) is 0 Å². The van der Waals surface area contributed by atoms with Gasteiger partial charge in [-0.05, 0) is 24.6 Å². The fourth-order valence-electron chi connectivity index (χ4n) is 1.04. The standard InChI is InChI=1S/C10H8ClN3S/c1-7-5-13-9(11)4-8(7)15-10-2-3-12-6-14-10/h2-6H,1H3. The summed E-state index contributed by atoms with van der Waals surface area (Å²) in [5, 5.41) is 1.40. The summed E-state index contributed by atoms with van der Waals surface area (Å²) in [6, 6.07) is 3.70. The number of aryl methyl sites for hydroxylation is 1. The van der Waals surface area contributed by atoms with Crippen LogP contribution in [0.2, 0.25) is 5.15 Å². The van der Waals surface area contributed by atoms with E-state index in [9.17, 15) is 0 Å². The Bertz CT molecular complexity index is 461. The number of nitrogens with zero attached hydrogens (tertiary/aromatic N) is 3. The number of rotatable bonds is 2. The van der Waals surface area contributed by atoms with Gasteiger partial charge in [-0.25, -0.2) is 15.0 Å². The number of hydrogen-bond acceptors (Lipinski definition) is 4. The van der Waals surface area contributed by atoms with E-state index in [1.807, 2.05) is 19.1 Å². The lowest BCUT2D eigenvalue weighted by atomic mass is 10.3. The average molecular weight is 238 g/mol. The summed E-state index contributed by atoms with van der Waals surface area (Å²) in [7, 11) is 0. The van der Waals surface area contributed by atoms with Gasteiger partial charge in [0.1, 0.15) is 16.5 Å². The van der Waals surface area contributed by atoms with Gasteiger partial charge in [0.25, 0.3) is 0 Å². The SMILES string of the molecule is Cc1cnc(Cl)cc1Sc1ccncn1. The van der Waals surface area contributed by atoms with E-state index in [4.69, 9.17) is 11.6 Å². The van der Waals surface area contributed by atoms with Crippen molar-refractivity contribution in [3.8, 4) is 0 Å². The number of hydrogen-bond donors (Lipinski definition) is 0. The zero-order valence-electron chi connectivity index (χ0n) is 8.01. The van der Waals surface area contributed by atoms with E-state index < -0.39 is 0 Å². The maximum atomic E-state index is 5.83. The van der Waals surface area contributed by atoms with E-state index in [-0.39, 0.29) is 0 Å². The van der Waals surface area contributed by atoms with Gasteiger partial charge < -0.3 is 0 Å². The third kappa shape index (κ3) is 2.67. The Morgan fingerprint density at radius 2 is 2.20 bits per heavy atom. The third-order valence-corrected chi connectivity index (χ3v) is 3.11. The first-order chi connectivity index (χ1) is 7.25. The van der Waals surface area contributed by atoms with E-state index in [0.29, 0.717) is 5.15 Å². The Labute approximate surface area is 96.9 Å². The van der Waals surface area contributed by atoms with Crippen LogP contribution in [0.4, 0.5) is 0 Å². The Hall–Kier alpha value is -1.13. The molecule has 0 atom stereocenters. The van der Waals surface area contributed by atoms with Crippen molar-refractivity contribution in [2.24, 2.45) is 0 Å². The molecule has 0 unspecified atom stereocenters. The number of pyridine rings is 1. The minimum absolute atomic E-state index is 0.497. The summed E-state index contributed by atoms with van der Waals surface area (Å²) in [5.74, 6) is 0. The predicted octanol–water partition coefficient (Wildman–Crippen LogP) is 2.98. The van der Waals surface area contributed by atoms with E-state index in [0.717, 1.165) is 15.5 Å². The largest absolute Gasteiger partial charge is 0.245 e. The molecule has 0 aliphatic carbocycles. The quantitative estimate of drug-likeness (QED) is 0.595. The van der Waals surface area contributed by atoms with E-state index in [2.05, 4.69) is 15.0 Å².